The van der Waals surface area contributed by atoms with Gasteiger partial charge in [-0.05, 0) is 12.3 Å². The van der Waals surface area contributed by atoms with Crippen LogP contribution >= 0.6 is 0 Å². The van der Waals surface area contributed by atoms with Crippen LogP contribution in [0.5, 0.6) is 0 Å². The molecule has 0 aliphatic carbocycles. The quantitative estimate of drug-likeness (QED) is 0.221. The van der Waals surface area contributed by atoms with Crippen molar-refractivity contribution in [1.29, 1.82) is 0 Å². The molecule has 0 rings (SSSR count). The monoisotopic (exact) mass is 335 g/mol. The van der Waals surface area contributed by atoms with Crippen molar-refractivity contribution in [2.24, 2.45) is 5.92 Å². The highest BCUT2D eigenvalue weighted by Crippen LogP contribution is 2.18. The van der Waals surface area contributed by atoms with Crippen molar-refractivity contribution in [2.45, 2.75) is 97.3 Å². The minimum atomic E-state index is -4.50. The zero-order chi connectivity index (χ0) is 16.7. The molecule has 134 valence electrons. The molecule has 0 bridgehead atoms. The maximum absolute atomic E-state index is 10.2. The lowest BCUT2D eigenvalue weighted by molar-refractivity contribution is 0.255. The topological polar surface area (TPSA) is 66.4 Å². The number of hydrogen-bond acceptors (Lipinski definition) is 4. The van der Waals surface area contributed by atoms with E-state index in [0.717, 1.165) is 18.8 Å². The second-order valence-corrected chi connectivity index (χ2v) is 7.50. The Morgan fingerprint density at radius 1 is 0.818 bits per heavy atom. The zero-order valence-corrected chi connectivity index (χ0v) is 15.3. The summed E-state index contributed by atoms with van der Waals surface area (Å²) in [6.45, 7) is 4.64. The third kappa shape index (κ3) is 17.9. The third-order valence-corrected chi connectivity index (χ3v) is 4.57. The predicted molar refractivity (Wildman–Crippen MR) is 90.5 cm³/mol. The second-order valence-electron chi connectivity index (χ2n) is 6.45. The van der Waals surface area contributed by atoms with E-state index in [0.29, 0.717) is 6.42 Å². The molecule has 22 heavy (non-hydrogen) atoms. The molecule has 0 aromatic carbocycles. The third-order valence-electron chi connectivity index (χ3n) is 4.12. The number of unbranched alkanes of at least 4 members (excludes halogenated alkanes) is 9. The molecule has 0 saturated carbocycles. The Kier molecular flexibility index (Phi) is 14.4. The molecule has 0 heterocycles. The molecule has 5 heteroatoms. The highest BCUT2D eigenvalue weighted by atomic mass is 32.3. The Bertz CT molecular complexity index is 328. The van der Waals surface area contributed by atoms with E-state index in [9.17, 15) is 13.0 Å². The van der Waals surface area contributed by atoms with Gasteiger partial charge in [-0.3, -0.25) is 4.18 Å². The summed E-state index contributed by atoms with van der Waals surface area (Å²) in [7, 11) is -4.50. The summed E-state index contributed by atoms with van der Waals surface area (Å²) in [4.78, 5) is 0. The van der Waals surface area contributed by atoms with Gasteiger partial charge in [0, 0.05) is 0 Å². The van der Waals surface area contributed by atoms with Gasteiger partial charge in [-0.2, -0.15) is 0 Å². The van der Waals surface area contributed by atoms with Crippen molar-refractivity contribution in [2.75, 3.05) is 6.61 Å². The SMILES string of the molecule is CCCCCCCC(C)CCCCCCCCOS(=O)(=O)[O-]. The highest BCUT2D eigenvalue weighted by Gasteiger charge is 2.02. The van der Waals surface area contributed by atoms with E-state index >= 15 is 0 Å². The first kappa shape index (κ1) is 21.9. The fourth-order valence-corrected chi connectivity index (χ4v) is 3.03. The first-order valence-corrected chi connectivity index (χ1v) is 10.4. The van der Waals surface area contributed by atoms with Crippen molar-refractivity contribution < 1.29 is 17.2 Å². The molecule has 4 nitrogen and oxygen atoms in total. The van der Waals surface area contributed by atoms with Gasteiger partial charge in [-0.25, -0.2) is 8.42 Å². The van der Waals surface area contributed by atoms with Crippen LogP contribution < -0.4 is 0 Å². The van der Waals surface area contributed by atoms with Gasteiger partial charge >= 0.3 is 0 Å². The lowest BCUT2D eigenvalue weighted by atomic mass is 9.96. The molecule has 0 aliphatic heterocycles. The fraction of sp³-hybridized carbons (Fsp3) is 1.00. The maximum Gasteiger partial charge on any atom is 0.217 e. The van der Waals surface area contributed by atoms with Crippen molar-refractivity contribution in [3.8, 4) is 0 Å². The van der Waals surface area contributed by atoms with Gasteiger partial charge in [0.15, 0.2) is 0 Å². The van der Waals surface area contributed by atoms with Gasteiger partial charge in [-0.15, -0.1) is 0 Å². The van der Waals surface area contributed by atoms with Crippen LogP contribution in [0, 0.1) is 5.92 Å². The molecular formula is C17H35O4S-. The number of hydrogen-bond donors (Lipinski definition) is 0. The van der Waals surface area contributed by atoms with E-state index in [1.54, 1.807) is 0 Å². The average molecular weight is 336 g/mol. The molecule has 0 spiro atoms. The van der Waals surface area contributed by atoms with Gasteiger partial charge in [-0.1, -0.05) is 90.9 Å². The number of rotatable bonds is 16. The second kappa shape index (κ2) is 14.5. The van der Waals surface area contributed by atoms with Crippen molar-refractivity contribution in [3.63, 3.8) is 0 Å². The smallest absolute Gasteiger partial charge is 0.217 e. The summed E-state index contributed by atoms with van der Waals surface area (Å²) in [5.41, 5.74) is 0. The summed E-state index contributed by atoms with van der Waals surface area (Å²) in [5, 5.41) is 0. The normalized spacial score (nSPS) is 13.4. The summed E-state index contributed by atoms with van der Waals surface area (Å²) >= 11 is 0. The predicted octanol–water partition coefficient (Wildman–Crippen LogP) is 5.19. The van der Waals surface area contributed by atoms with Crippen molar-refractivity contribution >= 4 is 10.4 Å². The molecule has 0 fully saturated rings. The molecule has 0 aliphatic rings. The van der Waals surface area contributed by atoms with Crippen LogP contribution in [0.3, 0.4) is 0 Å². The molecular weight excluding hydrogens is 300 g/mol. The van der Waals surface area contributed by atoms with Gasteiger partial charge in [0.1, 0.15) is 0 Å². The summed E-state index contributed by atoms with van der Waals surface area (Å²) < 4.78 is 34.8. The standard InChI is InChI=1S/C17H36O4S/c1-3-4-5-8-11-14-17(2)15-12-9-6-7-10-13-16-21-22(18,19)20/h17H,3-16H2,1-2H3,(H,18,19,20)/p-1. The van der Waals surface area contributed by atoms with Crippen molar-refractivity contribution in [3.05, 3.63) is 0 Å². The molecule has 1 unspecified atom stereocenters. The van der Waals surface area contributed by atoms with E-state index < -0.39 is 10.4 Å². The van der Waals surface area contributed by atoms with Gasteiger partial charge in [0.05, 0.1) is 6.61 Å². The van der Waals surface area contributed by atoms with E-state index in [-0.39, 0.29) is 6.61 Å². The van der Waals surface area contributed by atoms with Crippen LogP contribution in [0.4, 0.5) is 0 Å². The van der Waals surface area contributed by atoms with Crippen LogP contribution in [-0.4, -0.2) is 19.6 Å². The van der Waals surface area contributed by atoms with Crippen LogP contribution in [0.15, 0.2) is 0 Å². The average Bonchev–Trinajstić information content (AvgIpc) is 2.44. The minimum absolute atomic E-state index is 0.0287. The Balaban J connectivity index is 3.21. The maximum atomic E-state index is 10.2. The van der Waals surface area contributed by atoms with E-state index in [4.69, 9.17) is 0 Å². The Morgan fingerprint density at radius 2 is 1.27 bits per heavy atom. The summed E-state index contributed by atoms with van der Waals surface area (Å²) in [6.07, 6.45) is 15.9. The largest absolute Gasteiger partial charge is 0.726 e. The summed E-state index contributed by atoms with van der Waals surface area (Å²) in [5.74, 6) is 0.845. The van der Waals surface area contributed by atoms with Crippen LogP contribution in [0.2, 0.25) is 0 Å². The van der Waals surface area contributed by atoms with E-state index in [1.807, 2.05) is 0 Å². The van der Waals surface area contributed by atoms with Gasteiger partial charge < -0.3 is 4.55 Å². The van der Waals surface area contributed by atoms with E-state index in [2.05, 4.69) is 18.0 Å². The lowest BCUT2D eigenvalue weighted by Crippen LogP contribution is -2.05. The van der Waals surface area contributed by atoms with Gasteiger partial charge in [0.2, 0.25) is 10.4 Å². The molecule has 1 atom stereocenters. The Morgan fingerprint density at radius 3 is 1.77 bits per heavy atom. The van der Waals surface area contributed by atoms with Crippen LogP contribution in [0.1, 0.15) is 97.3 Å². The lowest BCUT2D eigenvalue weighted by Gasteiger charge is -2.11. The first-order valence-electron chi connectivity index (χ1n) is 9.06. The molecule has 0 N–H and O–H groups in total. The first-order chi connectivity index (χ1) is 10.5. The van der Waals surface area contributed by atoms with Crippen LogP contribution in [-0.2, 0) is 14.6 Å². The molecule has 0 saturated heterocycles. The van der Waals surface area contributed by atoms with Crippen LogP contribution in [0.25, 0.3) is 0 Å². The molecule has 0 radical (unpaired) electrons. The molecule has 0 aromatic heterocycles. The van der Waals surface area contributed by atoms with E-state index in [1.165, 1.54) is 64.2 Å². The fourth-order valence-electron chi connectivity index (χ4n) is 2.70. The summed E-state index contributed by atoms with van der Waals surface area (Å²) in [6, 6.07) is 0. The molecule has 0 amide bonds. The van der Waals surface area contributed by atoms with Crippen molar-refractivity contribution in [1.82, 2.24) is 0 Å². The Hall–Kier alpha value is -0.130. The highest BCUT2D eigenvalue weighted by molar-refractivity contribution is 7.80. The zero-order valence-electron chi connectivity index (χ0n) is 14.5. The Labute approximate surface area is 138 Å². The van der Waals surface area contributed by atoms with Gasteiger partial charge in [0.25, 0.3) is 0 Å². The minimum Gasteiger partial charge on any atom is -0.726 e. The molecule has 0 aromatic rings.